The van der Waals surface area contributed by atoms with E-state index in [1.54, 1.807) is 24.5 Å². The Hall–Kier alpha value is -2.61. The number of ether oxygens (including phenoxy) is 1. The van der Waals surface area contributed by atoms with E-state index in [2.05, 4.69) is 9.72 Å². The zero-order chi connectivity index (χ0) is 18.1. The van der Waals surface area contributed by atoms with E-state index in [4.69, 9.17) is 5.73 Å². The van der Waals surface area contributed by atoms with E-state index in [9.17, 15) is 14.9 Å². The zero-order valence-corrected chi connectivity index (χ0v) is 14.5. The van der Waals surface area contributed by atoms with Gasteiger partial charge in [0.1, 0.15) is 0 Å². The van der Waals surface area contributed by atoms with Gasteiger partial charge in [-0.1, -0.05) is 13.8 Å². The fraction of sp³-hybridized carbons (Fsp3) is 0.250. The van der Waals surface area contributed by atoms with Gasteiger partial charge in [0.15, 0.2) is 0 Å². The van der Waals surface area contributed by atoms with Crippen LogP contribution in [0.15, 0.2) is 41.6 Å². The van der Waals surface area contributed by atoms with E-state index in [0.717, 1.165) is 4.90 Å². The Balaban J connectivity index is 0.00000139. The largest absolute Gasteiger partial charge is 0.465 e. The summed E-state index contributed by atoms with van der Waals surface area (Å²) in [5.74, 6) is -0.197. The molecule has 0 amide bonds. The number of nitrogens with zero attached hydrogens (tertiary/aromatic N) is 2. The van der Waals surface area contributed by atoms with Crippen molar-refractivity contribution >= 4 is 29.1 Å². The van der Waals surface area contributed by atoms with Gasteiger partial charge in [0.2, 0.25) is 0 Å². The summed E-state index contributed by atoms with van der Waals surface area (Å²) in [6.07, 6.45) is 3.21. The number of benzene rings is 1. The molecule has 0 saturated carbocycles. The topological polar surface area (TPSA) is 108 Å². The molecule has 0 fully saturated rings. The smallest absolute Gasteiger partial charge is 0.338 e. The first-order valence-electron chi connectivity index (χ1n) is 7.20. The summed E-state index contributed by atoms with van der Waals surface area (Å²) in [5.41, 5.74) is 7.02. The third-order valence-electron chi connectivity index (χ3n) is 2.82. The molecule has 24 heavy (non-hydrogen) atoms. The Morgan fingerprint density at radius 1 is 1.38 bits per heavy atom. The molecule has 1 aromatic carbocycles. The van der Waals surface area contributed by atoms with E-state index >= 15 is 0 Å². The number of nitro benzene ring substituents is 1. The number of carbonyl (C=O) groups is 1. The number of pyridine rings is 1. The maximum atomic E-state index is 11.6. The van der Waals surface area contributed by atoms with Crippen molar-refractivity contribution in [1.29, 1.82) is 0 Å². The predicted molar refractivity (Wildman–Crippen MR) is 94.0 cm³/mol. The summed E-state index contributed by atoms with van der Waals surface area (Å²) in [7, 11) is 1.23. The van der Waals surface area contributed by atoms with Gasteiger partial charge in [-0.25, -0.2) is 4.79 Å². The fourth-order valence-electron chi connectivity index (χ4n) is 1.77. The van der Waals surface area contributed by atoms with Gasteiger partial charge in [0.25, 0.3) is 5.69 Å². The van der Waals surface area contributed by atoms with Gasteiger partial charge < -0.3 is 10.5 Å². The first-order chi connectivity index (χ1) is 11.5. The normalized spacial score (nSPS) is 9.62. The molecular weight excluding hydrogens is 330 g/mol. The summed E-state index contributed by atoms with van der Waals surface area (Å²) in [4.78, 5) is 26.8. The van der Waals surface area contributed by atoms with Gasteiger partial charge in [-0.3, -0.25) is 15.1 Å². The summed E-state index contributed by atoms with van der Waals surface area (Å²) in [6, 6.07) is 5.86. The molecule has 2 aromatic rings. The van der Waals surface area contributed by atoms with Gasteiger partial charge in [-0.05, 0) is 17.7 Å². The van der Waals surface area contributed by atoms with Gasteiger partial charge in [-0.2, -0.15) is 0 Å². The lowest BCUT2D eigenvalue weighted by Gasteiger charge is -2.06. The molecule has 0 atom stereocenters. The lowest BCUT2D eigenvalue weighted by molar-refractivity contribution is -0.384. The van der Waals surface area contributed by atoms with Crippen molar-refractivity contribution in [2.45, 2.75) is 24.5 Å². The molecule has 128 valence electrons. The van der Waals surface area contributed by atoms with Crippen molar-refractivity contribution in [3.05, 3.63) is 57.9 Å². The number of thioether (sulfide) groups is 1. The van der Waals surface area contributed by atoms with Crippen molar-refractivity contribution in [3.63, 3.8) is 0 Å². The van der Waals surface area contributed by atoms with Crippen molar-refractivity contribution in [1.82, 2.24) is 4.98 Å². The molecule has 0 unspecified atom stereocenters. The van der Waals surface area contributed by atoms with Crippen LogP contribution in [0, 0.1) is 10.1 Å². The van der Waals surface area contributed by atoms with Crippen molar-refractivity contribution in [2.75, 3.05) is 12.8 Å². The lowest BCUT2D eigenvalue weighted by atomic mass is 10.1. The average Bonchev–Trinajstić information content (AvgIpc) is 2.61. The van der Waals surface area contributed by atoms with E-state index in [1.807, 2.05) is 13.8 Å². The van der Waals surface area contributed by atoms with Crippen LogP contribution in [0.5, 0.6) is 0 Å². The summed E-state index contributed by atoms with van der Waals surface area (Å²) in [6.45, 7) is 4.00. The molecule has 8 heteroatoms. The Bertz CT molecular complexity index is 722. The Kier molecular flexibility index (Phi) is 7.70. The van der Waals surface area contributed by atoms with Crippen molar-refractivity contribution in [3.8, 4) is 0 Å². The van der Waals surface area contributed by atoms with Crippen LogP contribution in [-0.4, -0.2) is 23.0 Å². The molecule has 1 heterocycles. The van der Waals surface area contributed by atoms with Crippen LogP contribution in [0.3, 0.4) is 0 Å². The van der Waals surface area contributed by atoms with E-state index < -0.39 is 10.9 Å². The van der Waals surface area contributed by atoms with Gasteiger partial charge in [0.05, 0.1) is 17.6 Å². The average molecular weight is 349 g/mol. The van der Waals surface area contributed by atoms with Crippen LogP contribution in [0.1, 0.15) is 29.8 Å². The lowest BCUT2D eigenvalue weighted by Crippen LogP contribution is -2.03. The number of non-ortho nitro benzene ring substituents is 1. The number of nitrogens with two attached hydrogens (primary N) is 1. The van der Waals surface area contributed by atoms with Crippen molar-refractivity contribution in [2.24, 2.45) is 0 Å². The third kappa shape index (κ3) is 5.24. The number of methoxy groups -OCH3 is 1. The monoisotopic (exact) mass is 349 g/mol. The summed E-state index contributed by atoms with van der Waals surface area (Å²) >= 11 is 1.39. The van der Waals surface area contributed by atoms with Gasteiger partial charge in [0, 0.05) is 40.9 Å². The Labute approximate surface area is 144 Å². The standard InChI is InChI=1S/C14H13N3O4S.C2H6/c1-21-14(18)10-4-9(5-11(6-10)17(19)20)8-22-13-7-16-3-2-12(13)15;1-2/h2-7H,8H2,1H3,(H2,15,16);1-2H3. The maximum Gasteiger partial charge on any atom is 0.338 e. The zero-order valence-electron chi connectivity index (χ0n) is 13.7. The van der Waals surface area contributed by atoms with Crippen LogP contribution in [0.2, 0.25) is 0 Å². The number of hydrogen-bond acceptors (Lipinski definition) is 7. The summed E-state index contributed by atoms with van der Waals surface area (Å²) in [5, 5.41) is 11.0. The van der Waals surface area contributed by atoms with E-state index in [1.165, 1.54) is 31.0 Å². The Morgan fingerprint density at radius 3 is 2.67 bits per heavy atom. The van der Waals surface area contributed by atoms with Crippen LogP contribution in [-0.2, 0) is 10.5 Å². The van der Waals surface area contributed by atoms with Crippen LogP contribution in [0.4, 0.5) is 11.4 Å². The number of carbonyl (C=O) groups excluding carboxylic acids is 1. The quantitative estimate of drug-likeness (QED) is 0.379. The third-order valence-corrected chi connectivity index (χ3v) is 3.95. The maximum absolute atomic E-state index is 11.6. The number of nitro groups is 1. The number of anilines is 1. The van der Waals surface area contributed by atoms with Crippen LogP contribution < -0.4 is 5.73 Å². The highest BCUT2D eigenvalue weighted by Gasteiger charge is 2.15. The molecule has 2 N–H and O–H groups in total. The molecular formula is C16H19N3O4S. The van der Waals surface area contributed by atoms with Gasteiger partial charge in [-0.15, -0.1) is 11.8 Å². The highest BCUT2D eigenvalue weighted by atomic mass is 32.2. The molecule has 0 bridgehead atoms. The van der Waals surface area contributed by atoms with Crippen molar-refractivity contribution < 1.29 is 14.5 Å². The number of hydrogen-bond donors (Lipinski definition) is 1. The molecule has 0 aliphatic carbocycles. The number of aromatic nitrogens is 1. The SMILES string of the molecule is CC.COC(=O)c1cc(CSc2cnccc2N)cc([N+](=O)[O-])c1. The van der Waals surface area contributed by atoms with Crippen LogP contribution in [0.25, 0.3) is 0 Å². The number of esters is 1. The minimum absolute atomic E-state index is 0.145. The first kappa shape index (κ1) is 19.4. The predicted octanol–water partition coefficient (Wildman–Crippen LogP) is 3.68. The molecule has 0 aliphatic heterocycles. The minimum Gasteiger partial charge on any atom is -0.465 e. The second-order valence-corrected chi connectivity index (χ2v) is 5.36. The fourth-order valence-corrected chi connectivity index (χ4v) is 2.63. The first-order valence-corrected chi connectivity index (χ1v) is 8.19. The summed E-state index contributed by atoms with van der Waals surface area (Å²) < 4.78 is 4.61. The molecule has 2 rings (SSSR count). The van der Waals surface area contributed by atoms with E-state index in [0.29, 0.717) is 17.0 Å². The van der Waals surface area contributed by atoms with Crippen LogP contribution >= 0.6 is 11.8 Å². The highest BCUT2D eigenvalue weighted by Crippen LogP contribution is 2.29. The molecule has 0 aliphatic rings. The minimum atomic E-state index is -0.615. The second kappa shape index (κ2) is 9.51. The number of nitrogen functional groups attached to an aromatic ring is 1. The molecule has 0 spiro atoms. The number of rotatable bonds is 5. The molecule has 1 aromatic heterocycles. The van der Waals surface area contributed by atoms with E-state index in [-0.39, 0.29) is 11.3 Å². The molecule has 7 nitrogen and oxygen atoms in total. The molecule has 0 saturated heterocycles. The van der Waals surface area contributed by atoms with Gasteiger partial charge >= 0.3 is 5.97 Å². The second-order valence-electron chi connectivity index (χ2n) is 4.34. The Morgan fingerprint density at radius 2 is 2.08 bits per heavy atom. The highest BCUT2D eigenvalue weighted by molar-refractivity contribution is 7.98. The molecule has 0 radical (unpaired) electrons.